The smallest absolute Gasteiger partial charge is 0.152 e. The minimum absolute atomic E-state index is 0. The van der Waals surface area contributed by atoms with Gasteiger partial charge in [0.2, 0.25) is 0 Å². The van der Waals surface area contributed by atoms with Gasteiger partial charge in [0, 0.05) is 2.85 Å². The second kappa shape index (κ2) is 7.84. The fourth-order valence-corrected chi connectivity index (χ4v) is 4.75. The van der Waals surface area contributed by atoms with E-state index in [9.17, 15) is 8.78 Å². The number of halogens is 2. The van der Waals surface area contributed by atoms with Crippen molar-refractivity contribution in [2.75, 3.05) is 0 Å². The first kappa shape index (κ1) is 17.7. The maximum atomic E-state index is 14.0. The Balaban J connectivity index is 0.00000169. The Kier molecular flexibility index (Phi) is 5.78. The highest BCUT2D eigenvalue weighted by Gasteiger charge is 2.30. The first-order valence-corrected chi connectivity index (χ1v) is 9.56. The molecule has 0 aromatic heterocycles. The summed E-state index contributed by atoms with van der Waals surface area (Å²) in [6.07, 6.45) is 9.90. The molecule has 0 heterocycles. The third kappa shape index (κ3) is 3.92. The van der Waals surface area contributed by atoms with Crippen molar-refractivity contribution in [3.05, 3.63) is 29.3 Å². The largest absolute Gasteiger partial charge is 0.204 e. The van der Waals surface area contributed by atoms with Gasteiger partial charge in [-0.2, -0.15) is 4.99 Å². The van der Waals surface area contributed by atoms with Crippen LogP contribution in [0.1, 0.15) is 72.6 Å². The van der Waals surface area contributed by atoms with Gasteiger partial charge in [-0.15, -0.1) is 0 Å². The zero-order chi connectivity index (χ0) is 17.1. The van der Waals surface area contributed by atoms with Crippen molar-refractivity contribution >= 4 is 23.1 Å². The van der Waals surface area contributed by atoms with Gasteiger partial charge < -0.3 is 0 Å². The van der Waals surface area contributed by atoms with Gasteiger partial charge in [0.25, 0.3) is 0 Å². The molecule has 0 unspecified atom stereocenters. The van der Waals surface area contributed by atoms with Crippen LogP contribution < -0.4 is 0 Å². The monoisotopic (exact) mass is 353 g/mol. The molecule has 134 valence electrons. The summed E-state index contributed by atoms with van der Waals surface area (Å²) in [5.74, 6) is 1.56. The van der Waals surface area contributed by atoms with E-state index >= 15 is 0 Å². The van der Waals surface area contributed by atoms with E-state index in [0.717, 1.165) is 36.2 Å². The van der Waals surface area contributed by atoms with Gasteiger partial charge >= 0.3 is 0 Å². The molecule has 0 radical (unpaired) electrons. The van der Waals surface area contributed by atoms with Crippen LogP contribution in [0.2, 0.25) is 0 Å². The summed E-state index contributed by atoms with van der Waals surface area (Å²) in [5.41, 5.74) is 0.447. The fourth-order valence-electron chi connectivity index (χ4n) is 4.65. The number of isothiocyanates is 1. The van der Waals surface area contributed by atoms with Crippen LogP contribution in [0.4, 0.5) is 14.5 Å². The van der Waals surface area contributed by atoms with Gasteiger partial charge in [-0.05, 0) is 92.1 Å². The molecule has 0 saturated heterocycles. The predicted octanol–water partition coefficient (Wildman–Crippen LogP) is 7.29. The first-order chi connectivity index (χ1) is 11.6. The molecule has 1 aromatic rings. The van der Waals surface area contributed by atoms with Crippen molar-refractivity contribution in [3.63, 3.8) is 0 Å². The molecule has 2 saturated carbocycles. The van der Waals surface area contributed by atoms with E-state index in [1.54, 1.807) is 0 Å². The van der Waals surface area contributed by atoms with Crippen LogP contribution in [0.15, 0.2) is 17.1 Å². The molecule has 0 atom stereocenters. The molecular weight excluding hydrogens is 324 g/mol. The minimum atomic E-state index is -0.634. The summed E-state index contributed by atoms with van der Waals surface area (Å²) in [4.78, 5) is 3.49. The van der Waals surface area contributed by atoms with Crippen LogP contribution in [-0.2, 0) is 0 Å². The molecule has 0 spiro atoms. The Morgan fingerprint density at radius 2 is 1.46 bits per heavy atom. The molecule has 0 amide bonds. The van der Waals surface area contributed by atoms with Crippen LogP contribution >= 0.6 is 12.2 Å². The van der Waals surface area contributed by atoms with E-state index < -0.39 is 11.6 Å². The quantitative estimate of drug-likeness (QED) is 0.410. The third-order valence-electron chi connectivity index (χ3n) is 6.17. The van der Waals surface area contributed by atoms with Crippen molar-refractivity contribution in [3.8, 4) is 0 Å². The Bertz CT molecular complexity index is 610. The summed E-state index contributed by atoms with van der Waals surface area (Å²) < 4.78 is 28.1. The number of rotatable bonds is 3. The lowest BCUT2D eigenvalue weighted by molar-refractivity contribution is 0.165. The minimum Gasteiger partial charge on any atom is -0.204 e. The second-order valence-corrected chi connectivity index (χ2v) is 7.85. The number of hydrogen-bond acceptors (Lipinski definition) is 2. The van der Waals surface area contributed by atoms with Crippen LogP contribution in [0.5, 0.6) is 0 Å². The Hall–Kier alpha value is -1.12. The highest BCUT2D eigenvalue weighted by atomic mass is 32.1. The van der Waals surface area contributed by atoms with Crippen LogP contribution in [-0.4, -0.2) is 5.16 Å². The highest BCUT2D eigenvalue weighted by Crippen LogP contribution is 2.44. The molecule has 3 rings (SSSR count). The van der Waals surface area contributed by atoms with Gasteiger partial charge in [-0.3, -0.25) is 0 Å². The molecule has 4 heteroatoms. The Morgan fingerprint density at radius 3 is 1.96 bits per heavy atom. The van der Waals surface area contributed by atoms with Crippen molar-refractivity contribution in [2.24, 2.45) is 22.7 Å². The Morgan fingerprint density at radius 1 is 0.958 bits per heavy atom. The van der Waals surface area contributed by atoms with E-state index in [-0.39, 0.29) is 14.5 Å². The summed E-state index contributed by atoms with van der Waals surface area (Å²) in [6, 6.07) is 2.86. The first-order valence-electron chi connectivity index (χ1n) is 9.15. The molecule has 1 nitrogen and oxygen atoms in total. The predicted molar refractivity (Wildman–Crippen MR) is 101 cm³/mol. The van der Waals surface area contributed by atoms with E-state index in [1.165, 1.54) is 50.7 Å². The van der Waals surface area contributed by atoms with Crippen LogP contribution in [0, 0.1) is 29.4 Å². The average Bonchev–Trinajstić information content (AvgIpc) is 2.59. The number of benzene rings is 1. The van der Waals surface area contributed by atoms with Gasteiger partial charge in [0.05, 0.1) is 5.16 Å². The lowest BCUT2D eigenvalue weighted by atomic mass is 9.68. The van der Waals surface area contributed by atoms with E-state index in [0.29, 0.717) is 0 Å². The van der Waals surface area contributed by atoms with Crippen molar-refractivity contribution in [1.82, 2.24) is 0 Å². The fraction of sp³-hybridized carbons (Fsp3) is 0.650. The number of thiocarbonyl (C=S) groups is 1. The summed E-state index contributed by atoms with van der Waals surface area (Å²) in [6.45, 7) is 2.35. The number of hydrogen-bond donors (Lipinski definition) is 0. The van der Waals surface area contributed by atoms with Gasteiger partial charge in [0.15, 0.2) is 11.6 Å². The maximum absolute atomic E-state index is 14.0. The average molecular weight is 354 g/mol. The summed E-state index contributed by atoms with van der Waals surface area (Å²) in [7, 11) is 0. The SMILES string of the molecule is CC1CCC(C2CCC(c3cc(F)c(N=C=S)c(F)c3)CC2)CC1.[HH].[HH]. The molecule has 24 heavy (non-hydrogen) atoms. The number of aliphatic imine (C=N–C) groups is 1. The summed E-state index contributed by atoms with van der Waals surface area (Å²) >= 11 is 4.44. The normalized spacial score (nSPS) is 30.6. The second-order valence-electron chi connectivity index (χ2n) is 7.67. The highest BCUT2D eigenvalue weighted by molar-refractivity contribution is 7.78. The van der Waals surface area contributed by atoms with E-state index in [4.69, 9.17) is 0 Å². The molecular formula is C20H29F2NS. The van der Waals surface area contributed by atoms with E-state index in [2.05, 4.69) is 24.1 Å². The molecule has 0 N–H and O–H groups in total. The van der Waals surface area contributed by atoms with E-state index in [1.807, 2.05) is 5.16 Å². The van der Waals surface area contributed by atoms with Crippen LogP contribution in [0.3, 0.4) is 0 Å². The van der Waals surface area contributed by atoms with Gasteiger partial charge in [-0.25, -0.2) is 8.78 Å². The van der Waals surface area contributed by atoms with Gasteiger partial charge in [0.1, 0.15) is 5.69 Å². The molecule has 1 aromatic carbocycles. The molecule has 2 fully saturated rings. The number of nitrogens with zero attached hydrogens (tertiary/aromatic N) is 1. The van der Waals surface area contributed by atoms with Crippen LogP contribution in [0.25, 0.3) is 0 Å². The summed E-state index contributed by atoms with van der Waals surface area (Å²) in [5, 5.41) is 2.04. The maximum Gasteiger partial charge on any atom is 0.152 e. The lowest BCUT2D eigenvalue weighted by Crippen LogP contribution is -2.24. The Labute approximate surface area is 151 Å². The molecule has 0 aliphatic heterocycles. The third-order valence-corrected chi connectivity index (χ3v) is 6.26. The molecule has 0 bridgehead atoms. The lowest BCUT2D eigenvalue weighted by Gasteiger charge is -2.37. The zero-order valence-electron chi connectivity index (χ0n) is 14.2. The molecule has 2 aliphatic rings. The van der Waals surface area contributed by atoms with Crippen molar-refractivity contribution < 1.29 is 11.6 Å². The standard InChI is InChI=1S/C20H25F2NS.2H2/c1-13-2-4-14(5-3-13)15-6-8-16(9-7-15)17-10-18(21)20(23-12-24)19(22)11-17;;/h10-11,13-16H,2-9H2,1H3;2*1H. The van der Waals surface area contributed by atoms with Crippen molar-refractivity contribution in [2.45, 2.75) is 64.2 Å². The topological polar surface area (TPSA) is 12.4 Å². The van der Waals surface area contributed by atoms with Crippen molar-refractivity contribution in [1.29, 1.82) is 0 Å². The molecule has 2 aliphatic carbocycles. The van der Waals surface area contributed by atoms with Gasteiger partial charge in [-0.1, -0.05) is 19.8 Å². The zero-order valence-corrected chi connectivity index (χ0v) is 15.0.